The summed E-state index contributed by atoms with van der Waals surface area (Å²) in [7, 11) is 0. The number of hydrogen-bond donors (Lipinski definition) is 1. The van der Waals surface area contributed by atoms with Crippen molar-refractivity contribution in [3.05, 3.63) is 76.6 Å². The van der Waals surface area contributed by atoms with Gasteiger partial charge in [0.15, 0.2) is 11.4 Å². The highest BCUT2D eigenvalue weighted by Crippen LogP contribution is 2.27. The number of rotatable bonds is 10. The van der Waals surface area contributed by atoms with Gasteiger partial charge in [0, 0.05) is 5.56 Å². The summed E-state index contributed by atoms with van der Waals surface area (Å²) < 4.78 is 24.1. The lowest BCUT2D eigenvalue weighted by molar-refractivity contribution is -0.146. The van der Waals surface area contributed by atoms with Gasteiger partial charge in [-0.25, -0.2) is 14.0 Å². The zero-order valence-electron chi connectivity index (χ0n) is 16.6. The van der Waals surface area contributed by atoms with Crippen molar-refractivity contribution in [1.29, 1.82) is 0 Å². The number of ether oxygens (including phenoxy) is 2. The third-order valence-corrected chi connectivity index (χ3v) is 4.75. The number of anilines is 1. The molecule has 0 aromatic heterocycles. The summed E-state index contributed by atoms with van der Waals surface area (Å²) in [6, 6.07) is 14.3. The van der Waals surface area contributed by atoms with Crippen molar-refractivity contribution >= 4 is 35.2 Å². The Kier molecular flexibility index (Phi) is 9.08. The third-order valence-electron chi connectivity index (χ3n) is 3.75. The molecule has 0 unspecified atom stereocenters. The Hall–Kier alpha value is -3.13. The number of thioether (sulfide) groups is 1. The molecule has 158 valence electrons. The van der Waals surface area contributed by atoms with Gasteiger partial charge in [-0.15, -0.1) is 0 Å². The molecule has 0 bridgehead atoms. The summed E-state index contributed by atoms with van der Waals surface area (Å²) in [6.07, 6.45) is 0. The maximum atomic E-state index is 14.2. The van der Waals surface area contributed by atoms with Gasteiger partial charge in [0.25, 0.3) is 0 Å². The predicted molar refractivity (Wildman–Crippen MR) is 114 cm³/mol. The highest BCUT2D eigenvalue weighted by atomic mass is 32.2. The Labute approximate surface area is 178 Å². The second-order valence-electron chi connectivity index (χ2n) is 5.83. The molecule has 0 atom stereocenters. The summed E-state index contributed by atoms with van der Waals surface area (Å²) in [5, 5.41) is 2.72. The number of hydrogen-bond acceptors (Lipinski definition) is 7. The fraction of sp³-hybridized carbons (Fsp3) is 0.227. The highest BCUT2D eigenvalue weighted by Gasteiger charge is 2.27. The molecule has 0 amide bonds. The lowest BCUT2D eigenvalue weighted by Gasteiger charge is -2.16. The standard InChI is InChI=1S/C22H22FNO5S/c1-3-28-21(26)19(22(27)29-4-2)20(24-17-13-9-8-12-16(17)23)30-14-18(25)15-10-6-5-7-11-15/h5-13,24H,3-4,14H2,1-2H3. The summed E-state index contributed by atoms with van der Waals surface area (Å²) in [5.74, 6) is -2.75. The van der Waals surface area contributed by atoms with E-state index >= 15 is 0 Å². The Balaban J connectivity index is 2.41. The van der Waals surface area contributed by atoms with E-state index in [0.717, 1.165) is 11.8 Å². The lowest BCUT2D eigenvalue weighted by atomic mass is 10.2. The largest absolute Gasteiger partial charge is 0.462 e. The minimum Gasteiger partial charge on any atom is -0.462 e. The van der Waals surface area contributed by atoms with Crippen molar-refractivity contribution in [2.75, 3.05) is 24.3 Å². The Bertz CT molecular complexity index is 910. The average Bonchev–Trinajstić information content (AvgIpc) is 2.74. The van der Waals surface area contributed by atoms with Gasteiger partial charge in [0.1, 0.15) is 5.82 Å². The third kappa shape index (κ3) is 6.45. The van der Waals surface area contributed by atoms with E-state index in [1.165, 1.54) is 18.2 Å². The Morgan fingerprint density at radius 2 is 1.47 bits per heavy atom. The van der Waals surface area contributed by atoms with Crippen LogP contribution < -0.4 is 5.32 Å². The van der Waals surface area contributed by atoms with E-state index < -0.39 is 23.3 Å². The van der Waals surface area contributed by atoms with Crippen molar-refractivity contribution in [3.8, 4) is 0 Å². The van der Waals surface area contributed by atoms with Gasteiger partial charge in [-0.05, 0) is 26.0 Å². The fourth-order valence-corrected chi connectivity index (χ4v) is 3.31. The molecule has 0 radical (unpaired) electrons. The van der Waals surface area contributed by atoms with E-state index in [-0.39, 0.29) is 35.5 Å². The van der Waals surface area contributed by atoms with Gasteiger partial charge in [-0.2, -0.15) is 0 Å². The molecule has 0 aliphatic rings. The molecule has 0 heterocycles. The number of nitrogens with one attached hydrogen (secondary N) is 1. The van der Waals surface area contributed by atoms with E-state index in [1.807, 2.05) is 0 Å². The molecule has 2 aromatic rings. The quantitative estimate of drug-likeness (QED) is 0.199. The van der Waals surface area contributed by atoms with E-state index in [0.29, 0.717) is 5.56 Å². The smallest absolute Gasteiger partial charge is 0.348 e. The van der Waals surface area contributed by atoms with Gasteiger partial charge in [-0.1, -0.05) is 54.2 Å². The lowest BCUT2D eigenvalue weighted by Crippen LogP contribution is -2.22. The highest BCUT2D eigenvalue weighted by molar-refractivity contribution is 8.03. The summed E-state index contributed by atoms with van der Waals surface area (Å²) in [4.78, 5) is 37.5. The molecule has 8 heteroatoms. The number of Topliss-reactive ketones (excluding diaryl/α,β-unsaturated/α-hetero) is 1. The maximum absolute atomic E-state index is 14.2. The van der Waals surface area contributed by atoms with Crippen LogP contribution in [0.3, 0.4) is 0 Å². The van der Waals surface area contributed by atoms with Crippen molar-refractivity contribution in [2.45, 2.75) is 13.8 Å². The molecule has 0 spiro atoms. The molecule has 0 saturated heterocycles. The van der Waals surface area contributed by atoms with Crippen molar-refractivity contribution in [1.82, 2.24) is 0 Å². The van der Waals surface area contributed by atoms with Crippen LogP contribution >= 0.6 is 11.8 Å². The first kappa shape index (κ1) is 23.2. The van der Waals surface area contributed by atoms with Crippen LogP contribution in [0.4, 0.5) is 10.1 Å². The first-order chi connectivity index (χ1) is 14.5. The van der Waals surface area contributed by atoms with Gasteiger partial charge >= 0.3 is 11.9 Å². The molecule has 1 N–H and O–H groups in total. The second kappa shape index (κ2) is 11.8. The first-order valence-corrected chi connectivity index (χ1v) is 10.3. The van der Waals surface area contributed by atoms with Crippen molar-refractivity contribution in [3.63, 3.8) is 0 Å². The molecule has 0 fully saturated rings. The van der Waals surface area contributed by atoms with E-state index in [2.05, 4.69) is 5.32 Å². The first-order valence-electron chi connectivity index (χ1n) is 9.29. The fourth-order valence-electron chi connectivity index (χ4n) is 2.38. The maximum Gasteiger partial charge on any atom is 0.348 e. The van der Waals surface area contributed by atoms with E-state index in [4.69, 9.17) is 9.47 Å². The molecule has 2 rings (SSSR count). The number of halogens is 1. The van der Waals surface area contributed by atoms with Crippen molar-refractivity contribution in [2.24, 2.45) is 0 Å². The monoisotopic (exact) mass is 431 g/mol. The normalized spacial score (nSPS) is 10.1. The molecule has 6 nitrogen and oxygen atoms in total. The van der Waals surface area contributed by atoms with Crippen LogP contribution in [0, 0.1) is 5.82 Å². The topological polar surface area (TPSA) is 81.7 Å². The van der Waals surface area contributed by atoms with Gasteiger partial charge in [0.05, 0.1) is 29.7 Å². The van der Waals surface area contributed by atoms with Crippen LogP contribution in [0.5, 0.6) is 0 Å². The summed E-state index contributed by atoms with van der Waals surface area (Å²) in [5.41, 5.74) is 0.0927. The minimum atomic E-state index is -0.922. The zero-order valence-corrected chi connectivity index (χ0v) is 17.5. The van der Waals surface area contributed by atoms with Crippen LogP contribution in [0.2, 0.25) is 0 Å². The molecule has 30 heavy (non-hydrogen) atoms. The molecule has 0 aliphatic heterocycles. The summed E-state index contributed by atoms with van der Waals surface area (Å²) in [6.45, 7) is 3.25. The Morgan fingerprint density at radius 3 is 2.03 bits per heavy atom. The molecule has 0 aliphatic carbocycles. The number of para-hydroxylation sites is 1. The number of ketones is 1. The van der Waals surface area contributed by atoms with Crippen molar-refractivity contribution < 1.29 is 28.2 Å². The average molecular weight is 431 g/mol. The van der Waals surface area contributed by atoms with Crippen LogP contribution in [-0.4, -0.2) is 36.7 Å². The second-order valence-corrected chi connectivity index (χ2v) is 6.81. The SMILES string of the molecule is CCOC(=O)C(C(=O)OCC)=C(Nc1ccccc1F)SCC(=O)c1ccccc1. The molecule has 2 aromatic carbocycles. The molecule has 0 saturated carbocycles. The van der Waals surface area contributed by atoms with Crippen LogP contribution in [0.1, 0.15) is 24.2 Å². The number of benzene rings is 2. The van der Waals surface area contributed by atoms with Crippen LogP contribution in [0.15, 0.2) is 65.2 Å². The van der Waals surface area contributed by atoms with Gasteiger partial charge in [-0.3, -0.25) is 4.79 Å². The Morgan fingerprint density at radius 1 is 0.900 bits per heavy atom. The van der Waals surface area contributed by atoms with Crippen LogP contribution in [0.25, 0.3) is 0 Å². The summed E-state index contributed by atoms with van der Waals surface area (Å²) >= 11 is 0.895. The van der Waals surface area contributed by atoms with E-state index in [9.17, 15) is 18.8 Å². The van der Waals surface area contributed by atoms with Gasteiger partial charge in [0.2, 0.25) is 0 Å². The van der Waals surface area contributed by atoms with E-state index in [1.54, 1.807) is 50.2 Å². The number of carbonyl (C=O) groups is 3. The number of esters is 2. The molecular formula is C22H22FNO5S. The number of carbonyl (C=O) groups excluding carboxylic acids is 3. The predicted octanol–water partition coefficient (Wildman–Crippen LogP) is 4.19. The minimum absolute atomic E-state index is 0.0266. The zero-order chi connectivity index (χ0) is 21.9. The molecular weight excluding hydrogens is 409 g/mol. The van der Waals surface area contributed by atoms with Gasteiger partial charge < -0.3 is 14.8 Å². The van der Waals surface area contributed by atoms with Crippen LogP contribution in [-0.2, 0) is 19.1 Å².